The van der Waals surface area contributed by atoms with Gasteiger partial charge in [0.25, 0.3) is 11.8 Å². The summed E-state index contributed by atoms with van der Waals surface area (Å²) in [7, 11) is 0. The summed E-state index contributed by atoms with van der Waals surface area (Å²) in [4.78, 5) is 27.0. The minimum atomic E-state index is -0.193. The van der Waals surface area contributed by atoms with Gasteiger partial charge in [-0.3, -0.25) is 9.59 Å². The van der Waals surface area contributed by atoms with Crippen LogP contribution in [0.3, 0.4) is 0 Å². The summed E-state index contributed by atoms with van der Waals surface area (Å²) >= 11 is 5.87. The second-order valence-electron chi connectivity index (χ2n) is 6.86. The van der Waals surface area contributed by atoms with Crippen molar-refractivity contribution in [2.45, 2.75) is 26.3 Å². The van der Waals surface area contributed by atoms with Crippen molar-refractivity contribution in [3.8, 4) is 0 Å². The van der Waals surface area contributed by atoms with Gasteiger partial charge in [0.1, 0.15) is 0 Å². The van der Waals surface area contributed by atoms with Crippen LogP contribution in [0.1, 0.15) is 46.0 Å². The summed E-state index contributed by atoms with van der Waals surface area (Å²) < 4.78 is 0. The Morgan fingerprint density at radius 3 is 2.42 bits per heavy atom. The Morgan fingerprint density at radius 1 is 1.08 bits per heavy atom. The molecule has 0 atom stereocenters. The van der Waals surface area contributed by atoms with Gasteiger partial charge in [-0.25, -0.2) is 0 Å². The lowest BCUT2D eigenvalue weighted by molar-refractivity contribution is 0.0697. The Morgan fingerprint density at radius 2 is 1.73 bits per heavy atom. The number of benzene rings is 2. The molecule has 4 nitrogen and oxygen atoms in total. The Hall–Kier alpha value is -2.33. The van der Waals surface area contributed by atoms with Gasteiger partial charge in [0.15, 0.2) is 0 Å². The van der Waals surface area contributed by atoms with Gasteiger partial charge >= 0.3 is 0 Å². The third kappa shape index (κ3) is 4.64. The van der Waals surface area contributed by atoms with Crippen LogP contribution in [0.15, 0.2) is 48.5 Å². The Labute approximate surface area is 159 Å². The topological polar surface area (TPSA) is 49.4 Å². The summed E-state index contributed by atoms with van der Waals surface area (Å²) in [6, 6.07) is 14.3. The van der Waals surface area contributed by atoms with Crippen LogP contribution in [0.4, 0.5) is 0 Å². The molecular weight excluding hydrogens is 348 g/mol. The molecular formula is C21H23ClN2O2. The molecule has 0 aliphatic carbocycles. The van der Waals surface area contributed by atoms with E-state index in [0.717, 1.165) is 31.5 Å². The number of rotatable bonds is 4. The number of nitrogens with zero attached hydrogens (tertiary/aromatic N) is 1. The lowest BCUT2D eigenvalue weighted by atomic mass is 9.98. The maximum atomic E-state index is 12.7. The highest BCUT2D eigenvalue weighted by Crippen LogP contribution is 2.18. The summed E-state index contributed by atoms with van der Waals surface area (Å²) in [5.41, 5.74) is 2.03. The van der Waals surface area contributed by atoms with E-state index in [1.54, 1.807) is 36.4 Å². The number of amides is 2. The van der Waals surface area contributed by atoms with Gasteiger partial charge in [-0.05, 0) is 54.7 Å². The van der Waals surface area contributed by atoms with Gasteiger partial charge in [0.05, 0.1) is 0 Å². The van der Waals surface area contributed by atoms with E-state index < -0.39 is 0 Å². The monoisotopic (exact) mass is 370 g/mol. The standard InChI is InChI=1S/C21H23ClN2O2/c1-15-9-11-24(12-10-15)21(26)18-4-2-3-17(13-18)20(25)23-14-16-5-7-19(22)8-6-16/h2-8,13,15H,9-12,14H2,1H3,(H,23,25). The molecule has 0 saturated carbocycles. The Kier molecular flexibility index (Phi) is 5.94. The van der Waals surface area contributed by atoms with Crippen molar-refractivity contribution in [1.82, 2.24) is 10.2 Å². The molecule has 0 spiro atoms. The van der Waals surface area contributed by atoms with Crippen molar-refractivity contribution in [2.24, 2.45) is 5.92 Å². The normalized spacial score (nSPS) is 14.9. The van der Waals surface area contributed by atoms with Crippen LogP contribution >= 0.6 is 11.6 Å². The second kappa shape index (κ2) is 8.37. The van der Waals surface area contributed by atoms with Crippen molar-refractivity contribution in [2.75, 3.05) is 13.1 Å². The molecule has 3 rings (SSSR count). The van der Waals surface area contributed by atoms with E-state index in [1.165, 1.54) is 0 Å². The minimum Gasteiger partial charge on any atom is -0.348 e. The molecule has 1 heterocycles. The number of halogens is 1. The highest BCUT2D eigenvalue weighted by Gasteiger charge is 2.22. The number of hydrogen-bond donors (Lipinski definition) is 1. The number of hydrogen-bond acceptors (Lipinski definition) is 2. The highest BCUT2D eigenvalue weighted by atomic mass is 35.5. The summed E-state index contributed by atoms with van der Waals surface area (Å²) in [6.45, 7) is 4.20. The zero-order valence-corrected chi connectivity index (χ0v) is 15.6. The smallest absolute Gasteiger partial charge is 0.253 e. The lowest BCUT2D eigenvalue weighted by Crippen LogP contribution is -2.38. The molecule has 26 heavy (non-hydrogen) atoms. The van der Waals surface area contributed by atoms with Gasteiger partial charge in [-0.2, -0.15) is 0 Å². The van der Waals surface area contributed by atoms with Crippen LogP contribution in [0.2, 0.25) is 5.02 Å². The number of carbonyl (C=O) groups is 2. The molecule has 2 aromatic carbocycles. The number of likely N-dealkylation sites (tertiary alicyclic amines) is 1. The van der Waals surface area contributed by atoms with Crippen LogP contribution in [0, 0.1) is 5.92 Å². The molecule has 2 amide bonds. The summed E-state index contributed by atoms with van der Waals surface area (Å²) in [6.07, 6.45) is 2.07. The van der Waals surface area contributed by atoms with Gasteiger partial charge in [-0.15, -0.1) is 0 Å². The van der Waals surface area contributed by atoms with E-state index in [0.29, 0.717) is 28.6 Å². The van der Waals surface area contributed by atoms with E-state index in [2.05, 4.69) is 12.2 Å². The van der Waals surface area contributed by atoms with Crippen LogP contribution < -0.4 is 5.32 Å². The van der Waals surface area contributed by atoms with Crippen LogP contribution in [-0.2, 0) is 6.54 Å². The average Bonchev–Trinajstić information content (AvgIpc) is 2.67. The zero-order valence-electron chi connectivity index (χ0n) is 14.9. The number of piperidine rings is 1. The summed E-state index contributed by atoms with van der Waals surface area (Å²) in [5.74, 6) is 0.482. The van der Waals surface area contributed by atoms with Crippen molar-refractivity contribution < 1.29 is 9.59 Å². The second-order valence-corrected chi connectivity index (χ2v) is 7.30. The van der Waals surface area contributed by atoms with Crippen molar-refractivity contribution in [3.63, 3.8) is 0 Å². The van der Waals surface area contributed by atoms with Gasteiger partial charge < -0.3 is 10.2 Å². The van der Waals surface area contributed by atoms with Crippen LogP contribution in [0.25, 0.3) is 0 Å². The van der Waals surface area contributed by atoms with E-state index in [-0.39, 0.29) is 11.8 Å². The van der Waals surface area contributed by atoms with Gasteiger partial charge in [0, 0.05) is 35.8 Å². The predicted molar refractivity (Wildman–Crippen MR) is 103 cm³/mol. The molecule has 5 heteroatoms. The first-order chi connectivity index (χ1) is 12.5. The molecule has 1 aliphatic rings. The predicted octanol–water partition coefficient (Wildman–Crippen LogP) is 4.14. The lowest BCUT2D eigenvalue weighted by Gasteiger charge is -2.30. The SMILES string of the molecule is CC1CCN(C(=O)c2cccc(C(=O)NCc3ccc(Cl)cc3)c2)CC1. The maximum absolute atomic E-state index is 12.7. The van der Waals surface area contributed by atoms with Crippen LogP contribution in [-0.4, -0.2) is 29.8 Å². The zero-order chi connectivity index (χ0) is 18.5. The average molecular weight is 371 g/mol. The van der Waals surface area contributed by atoms with Crippen LogP contribution in [0.5, 0.6) is 0 Å². The quantitative estimate of drug-likeness (QED) is 0.879. The molecule has 1 aliphatic heterocycles. The molecule has 0 radical (unpaired) electrons. The number of carbonyl (C=O) groups excluding carboxylic acids is 2. The molecule has 1 saturated heterocycles. The van der Waals surface area contributed by atoms with Gasteiger partial charge in [-0.1, -0.05) is 36.7 Å². The molecule has 136 valence electrons. The largest absolute Gasteiger partial charge is 0.348 e. The first-order valence-electron chi connectivity index (χ1n) is 8.95. The fourth-order valence-corrected chi connectivity index (χ4v) is 3.20. The Balaban J connectivity index is 1.63. The molecule has 0 aromatic heterocycles. The fraction of sp³-hybridized carbons (Fsp3) is 0.333. The van der Waals surface area contributed by atoms with Crippen molar-refractivity contribution in [3.05, 3.63) is 70.2 Å². The van der Waals surface area contributed by atoms with E-state index in [1.807, 2.05) is 17.0 Å². The molecule has 0 unspecified atom stereocenters. The van der Waals surface area contributed by atoms with Gasteiger partial charge in [0.2, 0.25) is 0 Å². The first kappa shape index (κ1) is 18.5. The van der Waals surface area contributed by atoms with E-state index in [9.17, 15) is 9.59 Å². The third-order valence-electron chi connectivity index (χ3n) is 4.81. The van der Waals surface area contributed by atoms with E-state index in [4.69, 9.17) is 11.6 Å². The molecule has 1 N–H and O–H groups in total. The molecule has 2 aromatic rings. The first-order valence-corrected chi connectivity index (χ1v) is 9.32. The van der Waals surface area contributed by atoms with E-state index >= 15 is 0 Å². The number of nitrogens with one attached hydrogen (secondary N) is 1. The molecule has 1 fully saturated rings. The minimum absolute atomic E-state index is 0.00394. The highest BCUT2D eigenvalue weighted by molar-refractivity contribution is 6.30. The maximum Gasteiger partial charge on any atom is 0.253 e. The van der Waals surface area contributed by atoms with Crippen molar-refractivity contribution >= 4 is 23.4 Å². The Bertz CT molecular complexity index is 781. The van der Waals surface area contributed by atoms with Crippen molar-refractivity contribution in [1.29, 1.82) is 0 Å². The summed E-state index contributed by atoms with van der Waals surface area (Å²) in [5, 5.41) is 3.54. The third-order valence-corrected chi connectivity index (χ3v) is 5.06. The molecule has 0 bridgehead atoms. The fourth-order valence-electron chi connectivity index (χ4n) is 3.07.